The number of amides is 1. The third-order valence-electron chi connectivity index (χ3n) is 8.54. The van der Waals surface area contributed by atoms with Crippen molar-refractivity contribution in [1.29, 1.82) is 0 Å². The molecular formula is C38H48ClN3O5. The Hall–Kier alpha value is -3.91. The second-order valence-corrected chi connectivity index (χ2v) is 12.6. The number of para-hydroxylation sites is 1. The first-order chi connectivity index (χ1) is 22.9. The number of benzene rings is 2. The summed E-state index contributed by atoms with van der Waals surface area (Å²) in [7, 11) is 0. The molecule has 2 aromatic heterocycles. The maximum absolute atomic E-state index is 13.7. The van der Waals surface area contributed by atoms with E-state index in [0.717, 1.165) is 24.6 Å². The van der Waals surface area contributed by atoms with Gasteiger partial charge >= 0.3 is 5.97 Å². The fourth-order valence-electron chi connectivity index (χ4n) is 5.82. The number of unbranched alkanes of at least 4 members (excludes halogenated alkanes) is 13. The summed E-state index contributed by atoms with van der Waals surface area (Å²) in [5.74, 6) is -1.65. The Bertz CT molecular complexity index is 1580. The molecule has 9 heteroatoms. The molecule has 0 saturated carbocycles. The van der Waals surface area contributed by atoms with Crippen molar-refractivity contribution in [3.63, 3.8) is 0 Å². The largest absolute Gasteiger partial charge is 0.462 e. The second kappa shape index (κ2) is 19.0. The van der Waals surface area contributed by atoms with Crippen molar-refractivity contribution < 1.29 is 23.5 Å². The highest BCUT2D eigenvalue weighted by Gasteiger charge is 2.34. The Labute approximate surface area is 283 Å². The van der Waals surface area contributed by atoms with Crippen LogP contribution in [0.5, 0.6) is 0 Å². The Morgan fingerprint density at radius 2 is 1.51 bits per heavy atom. The monoisotopic (exact) mass is 661 g/mol. The van der Waals surface area contributed by atoms with Crippen LogP contribution in [0.15, 0.2) is 65.3 Å². The van der Waals surface area contributed by atoms with Gasteiger partial charge in [0, 0.05) is 23.3 Å². The summed E-state index contributed by atoms with van der Waals surface area (Å²) in [4.78, 5) is 40.1. The van der Waals surface area contributed by atoms with Crippen LogP contribution in [0, 0.1) is 6.92 Å². The Kier molecular flexibility index (Phi) is 14.6. The minimum absolute atomic E-state index is 0.0776. The number of halogens is 1. The van der Waals surface area contributed by atoms with Gasteiger partial charge in [-0.2, -0.15) is 5.10 Å². The number of carbonyl (C=O) groups excluding carboxylic acids is 3. The second-order valence-electron chi connectivity index (χ2n) is 12.2. The molecule has 1 N–H and O–H groups in total. The van der Waals surface area contributed by atoms with E-state index in [4.69, 9.17) is 20.8 Å². The molecule has 0 aliphatic rings. The first-order valence-corrected chi connectivity index (χ1v) is 17.6. The summed E-state index contributed by atoms with van der Waals surface area (Å²) in [5.41, 5.74) is 1.63. The number of hydrogen-bond acceptors (Lipinski definition) is 6. The average molecular weight is 662 g/mol. The van der Waals surface area contributed by atoms with Crippen LogP contribution in [-0.4, -0.2) is 34.0 Å². The van der Waals surface area contributed by atoms with Crippen LogP contribution in [0.3, 0.4) is 0 Å². The number of hydrogen-bond donors (Lipinski definition) is 1. The van der Waals surface area contributed by atoms with Crippen LogP contribution in [0.1, 0.15) is 129 Å². The molecule has 0 aliphatic carbocycles. The SMILES string of the molecule is CCCCCCCCCCCCCCCCOC(=O)c1ccc(Cl)c(NC(=O)C(C(=O)c2oc3ccccc3c2C)n2cccn2)c1. The number of nitrogens with one attached hydrogen (secondary N) is 1. The lowest BCUT2D eigenvalue weighted by Gasteiger charge is -2.17. The first-order valence-electron chi connectivity index (χ1n) is 17.2. The lowest BCUT2D eigenvalue weighted by atomic mass is 10.0. The number of aryl methyl sites for hydroxylation is 1. The van der Waals surface area contributed by atoms with Crippen LogP contribution in [0.2, 0.25) is 5.02 Å². The fourth-order valence-corrected chi connectivity index (χ4v) is 5.98. The molecule has 0 aliphatic heterocycles. The zero-order chi connectivity index (χ0) is 33.4. The fraction of sp³-hybridized carbons (Fsp3) is 0.474. The normalized spacial score (nSPS) is 11.9. The molecule has 2 aromatic carbocycles. The predicted octanol–water partition coefficient (Wildman–Crippen LogP) is 10.3. The van der Waals surface area contributed by atoms with Gasteiger partial charge in [0.15, 0.2) is 11.8 Å². The lowest BCUT2D eigenvalue weighted by Crippen LogP contribution is -2.33. The minimum atomic E-state index is -1.36. The van der Waals surface area contributed by atoms with E-state index in [1.807, 2.05) is 18.2 Å². The molecule has 0 spiro atoms. The quantitative estimate of drug-likeness (QED) is 0.0412. The standard InChI is InChI=1S/C38H48ClN3O5/c1-3-4-5-6-7-8-9-10-11-12-13-14-15-18-26-46-38(45)29-22-23-31(39)32(27-29)41-37(44)34(42-25-19-24-40-42)35(43)36-28(2)30-20-16-17-21-33(30)47-36/h16-17,19-25,27,34H,3-15,18,26H2,1-2H3,(H,41,44). The number of ether oxygens (including phenoxy) is 1. The zero-order valence-corrected chi connectivity index (χ0v) is 28.5. The molecule has 0 saturated heterocycles. The van der Waals surface area contributed by atoms with Crippen molar-refractivity contribution in [1.82, 2.24) is 9.78 Å². The summed E-state index contributed by atoms with van der Waals surface area (Å²) in [6, 6.07) is 12.1. The minimum Gasteiger partial charge on any atom is -0.462 e. The van der Waals surface area contributed by atoms with Gasteiger partial charge < -0.3 is 14.5 Å². The van der Waals surface area contributed by atoms with Gasteiger partial charge in [-0.1, -0.05) is 120 Å². The van der Waals surface area contributed by atoms with Crippen LogP contribution >= 0.6 is 11.6 Å². The molecule has 1 unspecified atom stereocenters. The number of ketones is 1. The highest BCUT2D eigenvalue weighted by Crippen LogP contribution is 2.30. The molecular weight excluding hydrogens is 614 g/mol. The van der Waals surface area contributed by atoms with Crippen molar-refractivity contribution in [2.24, 2.45) is 0 Å². The van der Waals surface area contributed by atoms with E-state index >= 15 is 0 Å². The number of esters is 1. The Morgan fingerprint density at radius 3 is 2.13 bits per heavy atom. The Morgan fingerprint density at radius 1 is 0.872 bits per heavy atom. The van der Waals surface area contributed by atoms with E-state index in [9.17, 15) is 14.4 Å². The number of nitrogens with zero attached hydrogens (tertiary/aromatic N) is 2. The van der Waals surface area contributed by atoms with Crippen molar-refractivity contribution in [2.45, 2.75) is 110 Å². The molecule has 4 rings (SSSR count). The van der Waals surface area contributed by atoms with Gasteiger partial charge in [-0.3, -0.25) is 14.3 Å². The van der Waals surface area contributed by atoms with Gasteiger partial charge in [-0.05, 0) is 43.7 Å². The summed E-state index contributed by atoms with van der Waals surface area (Å²) in [5, 5.41) is 7.88. The third-order valence-corrected chi connectivity index (χ3v) is 8.87. The summed E-state index contributed by atoms with van der Waals surface area (Å²) < 4.78 is 12.6. The van der Waals surface area contributed by atoms with E-state index in [1.165, 1.54) is 99.8 Å². The maximum atomic E-state index is 13.7. The molecule has 252 valence electrons. The van der Waals surface area contributed by atoms with Gasteiger partial charge in [0.1, 0.15) is 5.58 Å². The van der Waals surface area contributed by atoms with Crippen molar-refractivity contribution in [2.75, 3.05) is 11.9 Å². The van der Waals surface area contributed by atoms with Crippen LogP contribution in [-0.2, 0) is 9.53 Å². The van der Waals surface area contributed by atoms with Crippen LogP contribution < -0.4 is 5.32 Å². The molecule has 1 atom stereocenters. The maximum Gasteiger partial charge on any atom is 0.338 e. The van der Waals surface area contributed by atoms with Gasteiger partial charge in [0.25, 0.3) is 5.91 Å². The highest BCUT2D eigenvalue weighted by atomic mass is 35.5. The number of aromatic nitrogens is 2. The summed E-state index contributed by atoms with van der Waals surface area (Å²) >= 11 is 6.40. The Balaban J connectivity index is 1.23. The molecule has 47 heavy (non-hydrogen) atoms. The molecule has 0 fully saturated rings. The van der Waals surface area contributed by atoms with E-state index in [-0.39, 0.29) is 22.0 Å². The number of fused-ring (bicyclic) bond motifs is 1. The van der Waals surface area contributed by atoms with Crippen LogP contribution in [0.4, 0.5) is 5.69 Å². The molecule has 2 heterocycles. The number of Topliss-reactive ketones (excluding diaryl/α,β-unsaturated/α-hetero) is 1. The zero-order valence-electron chi connectivity index (χ0n) is 27.8. The molecule has 0 bridgehead atoms. The van der Waals surface area contributed by atoms with Crippen molar-refractivity contribution >= 4 is 45.9 Å². The smallest absolute Gasteiger partial charge is 0.338 e. The van der Waals surface area contributed by atoms with E-state index in [2.05, 4.69) is 17.3 Å². The molecule has 0 radical (unpaired) electrons. The topological polar surface area (TPSA) is 103 Å². The molecule has 4 aromatic rings. The number of anilines is 1. The molecule has 8 nitrogen and oxygen atoms in total. The van der Waals surface area contributed by atoms with Gasteiger partial charge in [-0.25, -0.2) is 4.79 Å². The summed E-state index contributed by atoms with van der Waals surface area (Å²) in [6.07, 6.45) is 20.6. The van der Waals surface area contributed by atoms with Gasteiger partial charge in [0.2, 0.25) is 5.78 Å². The number of furan rings is 1. The molecule has 1 amide bonds. The highest BCUT2D eigenvalue weighted by molar-refractivity contribution is 6.34. The van der Waals surface area contributed by atoms with Crippen molar-refractivity contribution in [3.05, 3.63) is 82.8 Å². The average Bonchev–Trinajstić information content (AvgIpc) is 3.72. The summed E-state index contributed by atoms with van der Waals surface area (Å²) in [6.45, 7) is 4.36. The van der Waals surface area contributed by atoms with Gasteiger partial charge in [-0.15, -0.1) is 0 Å². The lowest BCUT2D eigenvalue weighted by molar-refractivity contribution is -0.118. The number of rotatable bonds is 21. The van der Waals surface area contributed by atoms with E-state index in [1.54, 1.807) is 25.1 Å². The predicted molar refractivity (Wildman–Crippen MR) is 187 cm³/mol. The van der Waals surface area contributed by atoms with Gasteiger partial charge in [0.05, 0.1) is 22.9 Å². The van der Waals surface area contributed by atoms with Crippen LogP contribution in [0.25, 0.3) is 11.0 Å². The van der Waals surface area contributed by atoms with E-state index in [0.29, 0.717) is 17.8 Å². The van der Waals surface area contributed by atoms with E-state index < -0.39 is 23.7 Å². The third kappa shape index (κ3) is 10.5. The first kappa shape index (κ1) is 35.9. The number of carbonyl (C=O) groups is 3. The van der Waals surface area contributed by atoms with Crippen molar-refractivity contribution in [3.8, 4) is 0 Å².